The molecule has 1 aliphatic carbocycles. The molecule has 1 aliphatic rings. The Kier molecular flexibility index (Phi) is 2.33. The third kappa shape index (κ3) is 1.88. The molecule has 0 saturated carbocycles. The summed E-state index contributed by atoms with van der Waals surface area (Å²) >= 11 is 5.85. The van der Waals surface area contributed by atoms with Crippen molar-refractivity contribution in [2.75, 3.05) is 0 Å². The van der Waals surface area contributed by atoms with Gasteiger partial charge in [0, 0.05) is 0 Å². The molecule has 0 heterocycles. The minimum absolute atomic E-state index is 1.05. The first-order valence-corrected chi connectivity index (χ1v) is 5.23. The highest BCUT2D eigenvalue weighted by molar-refractivity contribution is 7.86. The van der Waals surface area contributed by atoms with E-state index in [1.807, 2.05) is 0 Å². The van der Waals surface area contributed by atoms with Crippen LogP contribution in [-0.4, -0.2) is 23.1 Å². The molecule has 0 aromatic rings. The van der Waals surface area contributed by atoms with E-state index in [4.69, 9.17) is 16.2 Å². The van der Waals surface area contributed by atoms with Crippen LogP contribution in [0.4, 0.5) is 0 Å². The van der Waals surface area contributed by atoms with Crippen LogP contribution in [0.2, 0.25) is 0 Å². The summed E-state index contributed by atoms with van der Waals surface area (Å²) in [4.78, 5) is -1.05. The number of rotatable bonds is 1. The fourth-order valence-electron chi connectivity index (χ4n) is 1.08. The van der Waals surface area contributed by atoms with Gasteiger partial charge in [0.15, 0.2) is 0 Å². The Hall–Kier alpha value is -0.320. The highest BCUT2D eigenvalue weighted by Crippen LogP contribution is 2.29. The third-order valence-electron chi connectivity index (χ3n) is 1.70. The van der Waals surface area contributed by atoms with Crippen LogP contribution >= 0.6 is 11.6 Å². The molecule has 0 aliphatic heterocycles. The van der Waals surface area contributed by atoms with Crippen LogP contribution in [0.25, 0.3) is 0 Å². The Balaban J connectivity index is 3.08. The van der Waals surface area contributed by atoms with Crippen molar-refractivity contribution in [1.82, 2.24) is 0 Å². The summed E-state index contributed by atoms with van der Waals surface area (Å²) < 4.78 is 30.4. The van der Waals surface area contributed by atoms with Gasteiger partial charge in [-0.15, -0.1) is 11.6 Å². The van der Waals surface area contributed by atoms with E-state index in [1.54, 1.807) is 12.2 Å². The molecule has 0 aromatic carbocycles. The Morgan fingerprint density at radius 3 is 2.42 bits per heavy atom. The quantitative estimate of drug-likeness (QED) is 0.523. The molecule has 2 atom stereocenters. The molecule has 68 valence electrons. The van der Waals surface area contributed by atoms with Gasteiger partial charge in [0.2, 0.25) is 0 Å². The number of allylic oxidation sites excluding steroid dienone is 3. The molecule has 0 aromatic heterocycles. The predicted octanol–water partition coefficient (Wildman–Crippen LogP) is 1.37. The molecular formula is C7H9ClO3S. The van der Waals surface area contributed by atoms with Crippen LogP contribution in [0, 0.1) is 0 Å². The van der Waals surface area contributed by atoms with Crippen LogP contribution < -0.4 is 0 Å². The van der Waals surface area contributed by atoms with E-state index in [-0.39, 0.29) is 0 Å². The van der Waals surface area contributed by atoms with Gasteiger partial charge < -0.3 is 0 Å². The zero-order chi connectivity index (χ0) is 9.41. The average molecular weight is 209 g/mol. The molecule has 0 spiro atoms. The van der Waals surface area contributed by atoms with E-state index in [2.05, 4.69) is 0 Å². The maximum Gasteiger partial charge on any atom is 0.273 e. The van der Waals surface area contributed by atoms with Crippen molar-refractivity contribution in [3.63, 3.8) is 0 Å². The van der Waals surface area contributed by atoms with Crippen LogP contribution in [0.3, 0.4) is 0 Å². The number of hydrogen-bond acceptors (Lipinski definition) is 2. The molecule has 1 N–H and O–H groups in total. The highest BCUT2D eigenvalue weighted by Gasteiger charge is 2.38. The van der Waals surface area contributed by atoms with Crippen molar-refractivity contribution in [2.45, 2.75) is 17.0 Å². The Morgan fingerprint density at radius 2 is 2.08 bits per heavy atom. The van der Waals surface area contributed by atoms with Crippen molar-refractivity contribution >= 4 is 21.7 Å². The van der Waals surface area contributed by atoms with Gasteiger partial charge >= 0.3 is 0 Å². The lowest BCUT2D eigenvalue weighted by molar-refractivity contribution is 0.467. The molecule has 12 heavy (non-hydrogen) atoms. The molecule has 2 unspecified atom stereocenters. The monoisotopic (exact) mass is 208 g/mol. The number of hydrogen-bond donors (Lipinski definition) is 1. The van der Waals surface area contributed by atoms with Crippen LogP contribution in [0.15, 0.2) is 24.3 Å². The van der Waals surface area contributed by atoms with Gasteiger partial charge in [-0.05, 0) is 6.92 Å². The lowest BCUT2D eigenvalue weighted by Crippen LogP contribution is -2.37. The van der Waals surface area contributed by atoms with Gasteiger partial charge in [-0.2, -0.15) is 8.42 Å². The number of alkyl halides is 1. The van der Waals surface area contributed by atoms with Gasteiger partial charge in [0.1, 0.15) is 5.25 Å². The second-order valence-corrected chi connectivity index (χ2v) is 5.18. The third-order valence-corrected chi connectivity index (χ3v) is 3.48. The molecule has 5 heteroatoms. The van der Waals surface area contributed by atoms with E-state index in [0.29, 0.717) is 0 Å². The summed E-state index contributed by atoms with van der Waals surface area (Å²) in [5, 5.41) is -1.06. The van der Waals surface area contributed by atoms with Crippen molar-refractivity contribution in [1.29, 1.82) is 0 Å². The maximum absolute atomic E-state index is 10.8. The van der Waals surface area contributed by atoms with Crippen molar-refractivity contribution in [3.8, 4) is 0 Å². The molecule has 0 radical (unpaired) electrons. The Labute approximate surface area is 76.5 Å². The SMILES string of the molecule is CC1(Cl)C=CC=CC1S(=O)(=O)O. The first-order chi connectivity index (χ1) is 5.34. The molecule has 0 fully saturated rings. The smallest absolute Gasteiger partial charge is 0.273 e. The van der Waals surface area contributed by atoms with Crippen molar-refractivity contribution < 1.29 is 13.0 Å². The fraction of sp³-hybridized carbons (Fsp3) is 0.429. The van der Waals surface area contributed by atoms with E-state index in [1.165, 1.54) is 19.1 Å². The summed E-state index contributed by atoms with van der Waals surface area (Å²) in [6, 6.07) is 0. The summed E-state index contributed by atoms with van der Waals surface area (Å²) in [7, 11) is -4.10. The molecule has 0 bridgehead atoms. The van der Waals surface area contributed by atoms with Crippen LogP contribution in [-0.2, 0) is 10.1 Å². The van der Waals surface area contributed by atoms with E-state index in [0.717, 1.165) is 0 Å². The summed E-state index contributed by atoms with van der Waals surface area (Å²) in [5.74, 6) is 0. The van der Waals surface area contributed by atoms with E-state index < -0.39 is 20.2 Å². The zero-order valence-corrected chi connectivity index (χ0v) is 8.01. The van der Waals surface area contributed by atoms with E-state index in [9.17, 15) is 8.42 Å². The zero-order valence-electron chi connectivity index (χ0n) is 6.44. The van der Waals surface area contributed by atoms with Crippen LogP contribution in [0.5, 0.6) is 0 Å². The second-order valence-electron chi connectivity index (χ2n) is 2.83. The molecular weight excluding hydrogens is 200 g/mol. The van der Waals surface area contributed by atoms with Crippen molar-refractivity contribution in [2.24, 2.45) is 0 Å². The standard InChI is InChI=1S/C7H9ClO3S/c1-7(8)5-3-2-4-6(7)12(9,10)11/h2-6H,1H3,(H,9,10,11). The second kappa shape index (κ2) is 2.87. The summed E-state index contributed by atoms with van der Waals surface area (Å²) in [5.41, 5.74) is 0. The molecule has 0 amide bonds. The predicted molar refractivity (Wildman–Crippen MR) is 47.9 cm³/mol. The minimum atomic E-state index is -4.10. The number of halogens is 1. The fourth-order valence-corrected chi connectivity index (χ4v) is 2.52. The molecule has 3 nitrogen and oxygen atoms in total. The minimum Gasteiger partial charge on any atom is -0.285 e. The molecule has 0 saturated heterocycles. The normalized spacial score (nSPS) is 35.4. The largest absolute Gasteiger partial charge is 0.285 e. The first kappa shape index (κ1) is 9.77. The summed E-state index contributed by atoms with van der Waals surface area (Å²) in [6.07, 6.45) is 6.09. The Morgan fingerprint density at radius 1 is 1.50 bits per heavy atom. The van der Waals surface area contributed by atoms with Gasteiger partial charge in [-0.1, -0.05) is 24.3 Å². The van der Waals surface area contributed by atoms with Gasteiger partial charge in [0.05, 0.1) is 4.87 Å². The van der Waals surface area contributed by atoms with Crippen LogP contribution in [0.1, 0.15) is 6.92 Å². The van der Waals surface area contributed by atoms with Gasteiger partial charge in [-0.3, -0.25) is 4.55 Å². The van der Waals surface area contributed by atoms with Gasteiger partial charge in [-0.25, -0.2) is 0 Å². The average Bonchev–Trinajstić information content (AvgIpc) is 1.83. The lowest BCUT2D eigenvalue weighted by Gasteiger charge is -2.25. The van der Waals surface area contributed by atoms with Crippen molar-refractivity contribution in [3.05, 3.63) is 24.3 Å². The van der Waals surface area contributed by atoms with E-state index >= 15 is 0 Å². The highest BCUT2D eigenvalue weighted by atomic mass is 35.5. The summed E-state index contributed by atoms with van der Waals surface area (Å²) in [6.45, 7) is 1.53. The topological polar surface area (TPSA) is 54.4 Å². The Bertz CT molecular complexity index is 327. The van der Waals surface area contributed by atoms with Gasteiger partial charge in [0.25, 0.3) is 10.1 Å². The molecule has 1 rings (SSSR count). The lowest BCUT2D eigenvalue weighted by atomic mass is 10.0. The maximum atomic E-state index is 10.8. The first-order valence-electron chi connectivity index (χ1n) is 3.35.